The first-order chi connectivity index (χ1) is 17.4. The van der Waals surface area contributed by atoms with Crippen molar-refractivity contribution < 1.29 is 4.79 Å². The predicted octanol–water partition coefficient (Wildman–Crippen LogP) is 6.61. The van der Waals surface area contributed by atoms with Gasteiger partial charge in [0.2, 0.25) is 5.91 Å². The molecule has 2 aromatic rings. The maximum atomic E-state index is 13.0. The zero-order valence-corrected chi connectivity index (χ0v) is 22.4. The highest BCUT2D eigenvalue weighted by Crippen LogP contribution is 2.37. The van der Waals surface area contributed by atoms with E-state index in [9.17, 15) is 4.79 Å². The monoisotopic (exact) mass is 523 g/mol. The van der Waals surface area contributed by atoms with Gasteiger partial charge in [-0.2, -0.15) is 0 Å². The number of nitrogens with zero attached hydrogens (tertiary/aromatic N) is 2. The number of halogens is 2. The third-order valence-corrected chi connectivity index (χ3v) is 8.60. The van der Waals surface area contributed by atoms with Crippen LogP contribution >= 0.6 is 23.2 Å². The van der Waals surface area contributed by atoms with E-state index in [0.29, 0.717) is 18.5 Å². The molecule has 0 bridgehead atoms. The van der Waals surface area contributed by atoms with Crippen LogP contribution in [0, 0.1) is 5.92 Å². The second-order valence-electron chi connectivity index (χ2n) is 10.5. The van der Waals surface area contributed by atoms with Crippen LogP contribution in [0.25, 0.3) is 0 Å². The molecule has 4 nitrogen and oxygen atoms in total. The van der Waals surface area contributed by atoms with Crippen LogP contribution in [-0.4, -0.2) is 47.5 Å². The molecule has 1 N–H and O–H groups in total. The van der Waals surface area contributed by atoms with Crippen molar-refractivity contribution in [3.8, 4) is 0 Å². The lowest BCUT2D eigenvalue weighted by Gasteiger charge is -2.44. The molecule has 0 radical (unpaired) electrons. The van der Waals surface area contributed by atoms with Gasteiger partial charge in [0.25, 0.3) is 0 Å². The van der Waals surface area contributed by atoms with Gasteiger partial charge in [0, 0.05) is 34.7 Å². The zero-order valence-electron chi connectivity index (χ0n) is 20.9. The maximum absolute atomic E-state index is 13.0. The van der Waals surface area contributed by atoms with Crippen LogP contribution in [0.5, 0.6) is 0 Å². The van der Waals surface area contributed by atoms with Gasteiger partial charge < -0.3 is 15.1 Å². The van der Waals surface area contributed by atoms with E-state index in [1.54, 1.807) is 0 Å². The molecule has 2 aromatic carbocycles. The second-order valence-corrected chi connectivity index (χ2v) is 11.3. The fourth-order valence-corrected chi connectivity index (χ4v) is 6.26. The van der Waals surface area contributed by atoms with Crippen molar-refractivity contribution in [3.05, 3.63) is 93.6 Å². The summed E-state index contributed by atoms with van der Waals surface area (Å²) in [5, 5.41) is 4.65. The Morgan fingerprint density at radius 1 is 1.00 bits per heavy atom. The number of likely N-dealkylation sites (tertiary alicyclic amines) is 1. The lowest BCUT2D eigenvalue weighted by Crippen LogP contribution is -2.55. The topological polar surface area (TPSA) is 35.6 Å². The van der Waals surface area contributed by atoms with Gasteiger partial charge in [0.1, 0.15) is 5.54 Å². The van der Waals surface area contributed by atoms with Crippen LogP contribution in [0.4, 0.5) is 0 Å². The van der Waals surface area contributed by atoms with Crippen LogP contribution in [-0.2, 0) is 4.79 Å². The number of benzene rings is 2. The van der Waals surface area contributed by atoms with E-state index in [-0.39, 0.29) is 5.91 Å². The Morgan fingerprint density at radius 3 is 2.19 bits per heavy atom. The van der Waals surface area contributed by atoms with E-state index >= 15 is 0 Å². The summed E-state index contributed by atoms with van der Waals surface area (Å²) < 4.78 is 0. The number of amides is 1. The molecular formula is C30H35Cl2N3O. The Bertz CT molecular complexity index is 1070. The van der Waals surface area contributed by atoms with Gasteiger partial charge in [-0.3, -0.25) is 4.79 Å². The molecule has 1 spiro atoms. The average Bonchev–Trinajstić information content (AvgIpc) is 3.20. The molecule has 2 fully saturated rings. The third kappa shape index (κ3) is 5.37. The molecule has 6 heteroatoms. The highest BCUT2D eigenvalue weighted by atomic mass is 35.5. The van der Waals surface area contributed by atoms with E-state index < -0.39 is 5.54 Å². The van der Waals surface area contributed by atoms with E-state index in [2.05, 4.69) is 64.5 Å². The third-order valence-electron chi connectivity index (χ3n) is 8.10. The summed E-state index contributed by atoms with van der Waals surface area (Å²) in [6.45, 7) is 5.79. The van der Waals surface area contributed by atoms with Gasteiger partial charge in [-0.25, -0.2) is 0 Å². The van der Waals surface area contributed by atoms with Crippen molar-refractivity contribution >= 4 is 29.1 Å². The van der Waals surface area contributed by atoms with Crippen molar-refractivity contribution in [2.75, 3.05) is 26.3 Å². The number of allylic oxidation sites excluding steroid dienone is 3. The van der Waals surface area contributed by atoms with Crippen LogP contribution in [0.1, 0.15) is 56.1 Å². The maximum Gasteiger partial charge on any atom is 0.247 e. The van der Waals surface area contributed by atoms with Crippen molar-refractivity contribution in [2.45, 2.75) is 50.5 Å². The first kappa shape index (κ1) is 25.4. The van der Waals surface area contributed by atoms with Crippen molar-refractivity contribution in [1.82, 2.24) is 15.1 Å². The second kappa shape index (κ2) is 11.0. The molecule has 1 atom stereocenters. The summed E-state index contributed by atoms with van der Waals surface area (Å²) in [6, 6.07) is 16.4. The lowest BCUT2D eigenvalue weighted by atomic mass is 9.84. The van der Waals surface area contributed by atoms with E-state index in [1.807, 2.05) is 24.3 Å². The molecule has 5 rings (SSSR count). The molecule has 1 aliphatic carbocycles. The predicted molar refractivity (Wildman–Crippen MR) is 148 cm³/mol. The molecule has 36 heavy (non-hydrogen) atoms. The summed E-state index contributed by atoms with van der Waals surface area (Å²) in [4.78, 5) is 17.9. The summed E-state index contributed by atoms with van der Waals surface area (Å²) in [5.74, 6) is 1.02. The highest BCUT2D eigenvalue weighted by Gasteiger charge is 2.50. The number of piperidine rings is 1. The van der Waals surface area contributed by atoms with Crippen LogP contribution in [0.3, 0.4) is 0 Å². The number of hydrogen-bond donors (Lipinski definition) is 1. The van der Waals surface area contributed by atoms with Crippen molar-refractivity contribution in [3.63, 3.8) is 0 Å². The van der Waals surface area contributed by atoms with Gasteiger partial charge >= 0.3 is 0 Å². The van der Waals surface area contributed by atoms with E-state index in [1.165, 1.54) is 16.8 Å². The Labute approximate surface area is 224 Å². The molecule has 1 unspecified atom stereocenters. The summed E-state index contributed by atoms with van der Waals surface area (Å²) >= 11 is 12.3. The molecule has 0 aromatic heterocycles. The Kier molecular flexibility index (Phi) is 7.76. The molecule has 0 saturated carbocycles. The summed E-state index contributed by atoms with van der Waals surface area (Å²) in [5.41, 5.74) is 3.36. The molecule has 2 saturated heterocycles. The van der Waals surface area contributed by atoms with Crippen LogP contribution in [0.15, 0.2) is 72.5 Å². The highest BCUT2D eigenvalue weighted by molar-refractivity contribution is 6.30. The average molecular weight is 525 g/mol. The van der Waals surface area contributed by atoms with Gasteiger partial charge in [-0.05, 0) is 86.0 Å². The largest absolute Gasteiger partial charge is 0.339 e. The lowest BCUT2D eigenvalue weighted by molar-refractivity contribution is -0.128. The molecule has 1 amide bonds. The fraction of sp³-hybridized carbons (Fsp3) is 0.433. The fourth-order valence-electron chi connectivity index (χ4n) is 6.00. The number of hydrogen-bond acceptors (Lipinski definition) is 3. The van der Waals surface area contributed by atoms with Gasteiger partial charge in [0.05, 0.1) is 6.67 Å². The standard InChI is InChI=1S/C30H35Cl2N3O/c1-22-4-2-5-27(20-22)35-21-33-29(36)30(35)15-18-34(19-16-30)17-3-6-28(23-7-11-25(31)12-8-23)24-9-13-26(32)14-10-24/h2,5,7-14,20,22,28H,3-4,6,15-19,21H2,1H3,(H,33,36). The number of rotatable bonds is 7. The Hall–Kier alpha value is -2.27. The normalized spacial score (nSPS) is 21.8. The number of nitrogens with one attached hydrogen (secondary N) is 1. The molecule has 2 heterocycles. The molecule has 190 valence electrons. The van der Waals surface area contributed by atoms with Gasteiger partial charge in [0.15, 0.2) is 0 Å². The van der Waals surface area contributed by atoms with Crippen LogP contribution < -0.4 is 5.32 Å². The van der Waals surface area contributed by atoms with Crippen LogP contribution in [0.2, 0.25) is 10.0 Å². The smallest absolute Gasteiger partial charge is 0.247 e. The first-order valence-electron chi connectivity index (χ1n) is 13.1. The van der Waals surface area contributed by atoms with Gasteiger partial charge in [-0.1, -0.05) is 66.5 Å². The van der Waals surface area contributed by atoms with E-state index in [4.69, 9.17) is 23.2 Å². The molecule has 3 aliphatic rings. The summed E-state index contributed by atoms with van der Waals surface area (Å²) in [7, 11) is 0. The molecule has 2 aliphatic heterocycles. The first-order valence-corrected chi connectivity index (χ1v) is 13.9. The summed E-state index contributed by atoms with van der Waals surface area (Å²) in [6.07, 6.45) is 11.7. The number of carbonyl (C=O) groups excluding carboxylic acids is 1. The minimum atomic E-state index is -0.404. The minimum absolute atomic E-state index is 0.195. The number of carbonyl (C=O) groups is 1. The van der Waals surface area contributed by atoms with E-state index in [0.717, 1.165) is 61.8 Å². The Morgan fingerprint density at radius 2 is 1.61 bits per heavy atom. The van der Waals surface area contributed by atoms with Crippen molar-refractivity contribution in [1.29, 1.82) is 0 Å². The van der Waals surface area contributed by atoms with Crippen molar-refractivity contribution in [2.24, 2.45) is 5.92 Å². The minimum Gasteiger partial charge on any atom is -0.339 e. The SMILES string of the molecule is CC1C=C(N2CNC(=O)C23CCN(CCCC(c2ccc(Cl)cc2)c2ccc(Cl)cc2)CC3)C=CC1. The zero-order chi connectivity index (χ0) is 25.1. The molecular weight excluding hydrogens is 489 g/mol. The van der Waals surface area contributed by atoms with Gasteiger partial charge in [-0.15, -0.1) is 0 Å². The Balaban J connectivity index is 1.21. The quantitative estimate of drug-likeness (QED) is 0.443.